The van der Waals surface area contributed by atoms with Crippen LogP contribution < -0.4 is 0 Å². The van der Waals surface area contributed by atoms with Crippen LogP contribution in [0.2, 0.25) is 0 Å². The van der Waals surface area contributed by atoms with Gasteiger partial charge in [0.25, 0.3) is 5.69 Å². The number of benzene rings is 1. The first-order valence-electron chi connectivity index (χ1n) is 4.98. The van der Waals surface area contributed by atoms with E-state index in [0.29, 0.717) is 10.9 Å². The van der Waals surface area contributed by atoms with Gasteiger partial charge in [0.1, 0.15) is 0 Å². The van der Waals surface area contributed by atoms with Gasteiger partial charge in [0.2, 0.25) is 0 Å². The summed E-state index contributed by atoms with van der Waals surface area (Å²) in [6.45, 7) is 1.90. The molecule has 0 N–H and O–H groups in total. The van der Waals surface area contributed by atoms with E-state index in [1.165, 1.54) is 6.07 Å². The summed E-state index contributed by atoms with van der Waals surface area (Å²) in [6.07, 6.45) is 1.83. The van der Waals surface area contributed by atoms with Crippen molar-refractivity contribution in [1.29, 1.82) is 0 Å². The Morgan fingerprint density at radius 2 is 2.24 bits per heavy atom. The minimum absolute atomic E-state index is 0.120. The Labute approximate surface area is 106 Å². The van der Waals surface area contributed by atoms with Gasteiger partial charge in [-0.15, -0.1) is 0 Å². The van der Waals surface area contributed by atoms with Crippen molar-refractivity contribution in [1.82, 2.24) is 9.78 Å². The van der Waals surface area contributed by atoms with Gasteiger partial charge in [-0.3, -0.25) is 10.1 Å². The normalized spacial score (nSPS) is 10.5. The van der Waals surface area contributed by atoms with E-state index in [9.17, 15) is 10.1 Å². The van der Waals surface area contributed by atoms with Crippen molar-refractivity contribution in [3.05, 3.63) is 51.8 Å². The highest BCUT2D eigenvalue weighted by molar-refractivity contribution is 9.08. The number of hydrogen-bond donors (Lipinski definition) is 0. The summed E-state index contributed by atoms with van der Waals surface area (Å²) >= 11 is 3.25. The maximum absolute atomic E-state index is 10.8. The van der Waals surface area contributed by atoms with Crippen LogP contribution in [0.4, 0.5) is 5.69 Å². The van der Waals surface area contributed by atoms with E-state index < -0.39 is 0 Å². The fourth-order valence-corrected chi connectivity index (χ4v) is 2.01. The molecule has 0 spiro atoms. The van der Waals surface area contributed by atoms with Crippen LogP contribution >= 0.6 is 15.9 Å². The van der Waals surface area contributed by atoms with Gasteiger partial charge in [-0.25, -0.2) is 4.68 Å². The SMILES string of the molecule is Cc1ccn(-c2ccc([N+](=O)[O-])c(CBr)c2)n1. The molecular formula is C11H10BrN3O2. The number of aryl methyl sites for hydroxylation is 1. The van der Waals surface area contributed by atoms with Crippen molar-refractivity contribution in [2.45, 2.75) is 12.3 Å². The second-order valence-corrected chi connectivity index (χ2v) is 4.17. The van der Waals surface area contributed by atoms with Crippen LogP contribution in [-0.4, -0.2) is 14.7 Å². The van der Waals surface area contributed by atoms with Gasteiger partial charge < -0.3 is 0 Å². The first-order chi connectivity index (χ1) is 8.11. The third-order valence-corrected chi connectivity index (χ3v) is 2.99. The van der Waals surface area contributed by atoms with Crippen molar-refractivity contribution >= 4 is 21.6 Å². The Kier molecular flexibility index (Phi) is 3.23. The first-order valence-corrected chi connectivity index (χ1v) is 6.10. The van der Waals surface area contributed by atoms with Crippen LogP contribution in [0, 0.1) is 17.0 Å². The molecule has 0 bridgehead atoms. The van der Waals surface area contributed by atoms with Crippen LogP contribution in [0.1, 0.15) is 11.3 Å². The molecule has 0 saturated heterocycles. The average molecular weight is 296 g/mol. The van der Waals surface area contributed by atoms with Crippen molar-refractivity contribution in [3.63, 3.8) is 0 Å². The number of alkyl halides is 1. The fraction of sp³-hybridized carbons (Fsp3) is 0.182. The lowest BCUT2D eigenvalue weighted by Crippen LogP contribution is -1.99. The zero-order chi connectivity index (χ0) is 12.4. The first kappa shape index (κ1) is 11.8. The molecule has 2 aromatic rings. The smallest absolute Gasteiger partial charge is 0.258 e. The molecule has 17 heavy (non-hydrogen) atoms. The molecule has 1 aromatic heterocycles. The largest absolute Gasteiger partial charge is 0.273 e. The third-order valence-electron chi connectivity index (χ3n) is 2.39. The Bertz CT molecular complexity index is 566. The van der Waals surface area contributed by atoms with E-state index >= 15 is 0 Å². The summed E-state index contributed by atoms with van der Waals surface area (Å²) in [7, 11) is 0. The molecule has 0 aliphatic heterocycles. The van der Waals surface area contributed by atoms with Gasteiger partial charge in [0.05, 0.1) is 16.3 Å². The quantitative estimate of drug-likeness (QED) is 0.497. The number of aromatic nitrogens is 2. The summed E-state index contributed by atoms with van der Waals surface area (Å²) in [5.74, 6) is 0. The number of halogens is 1. The van der Waals surface area contributed by atoms with E-state index in [0.717, 1.165) is 11.4 Å². The van der Waals surface area contributed by atoms with Crippen molar-refractivity contribution in [2.75, 3.05) is 0 Å². The van der Waals surface area contributed by atoms with Crippen LogP contribution in [0.5, 0.6) is 0 Å². The lowest BCUT2D eigenvalue weighted by Gasteiger charge is -2.04. The monoisotopic (exact) mass is 295 g/mol. The second-order valence-electron chi connectivity index (χ2n) is 3.61. The molecule has 6 heteroatoms. The van der Waals surface area contributed by atoms with Gasteiger partial charge in [0.15, 0.2) is 0 Å². The highest BCUT2D eigenvalue weighted by atomic mass is 79.9. The van der Waals surface area contributed by atoms with E-state index in [1.807, 2.05) is 19.2 Å². The molecule has 88 valence electrons. The molecule has 2 rings (SSSR count). The Morgan fingerprint density at radius 3 is 2.76 bits per heavy atom. The highest BCUT2D eigenvalue weighted by Gasteiger charge is 2.13. The minimum atomic E-state index is -0.380. The predicted octanol–water partition coefficient (Wildman–Crippen LogP) is 2.98. The molecule has 0 amide bonds. The fourth-order valence-electron chi connectivity index (χ4n) is 1.56. The van der Waals surface area contributed by atoms with E-state index in [4.69, 9.17) is 0 Å². The van der Waals surface area contributed by atoms with Crippen LogP contribution in [0.15, 0.2) is 30.5 Å². The second kappa shape index (κ2) is 4.67. The van der Waals surface area contributed by atoms with Crippen molar-refractivity contribution in [2.24, 2.45) is 0 Å². The van der Waals surface area contributed by atoms with Crippen LogP contribution in [0.25, 0.3) is 5.69 Å². The van der Waals surface area contributed by atoms with E-state index in [2.05, 4.69) is 21.0 Å². The third kappa shape index (κ3) is 2.36. The van der Waals surface area contributed by atoms with Gasteiger partial charge in [0, 0.05) is 23.2 Å². The standard InChI is InChI=1S/C11H10BrN3O2/c1-8-4-5-14(13-8)10-2-3-11(15(16)17)9(6-10)7-12/h2-6H,7H2,1H3. The van der Waals surface area contributed by atoms with Gasteiger partial charge >= 0.3 is 0 Å². The lowest BCUT2D eigenvalue weighted by atomic mass is 10.2. The lowest BCUT2D eigenvalue weighted by molar-refractivity contribution is -0.385. The predicted molar refractivity (Wildman–Crippen MR) is 67.6 cm³/mol. The van der Waals surface area contributed by atoms with Gasteiger partial charge in [-0.1, -0.05) is 15.9 Å². The molecule has 0 saturated carbocycles. The van der Waals surface area contributed by atoms with E-state index in [1.54, 1.807) is 16.8 Å². The van der Waals surface area contributed by atoms with Crippen LogP contribution in [-0.2, 0) is 5.33 Å². The molecule has 0 atom stereocenters. The number of hydrogen-bond acceptors (Lipinski definition) is 3. The number of nitro groups is 1. The van der Waals surface area contributed by atoms with Gasteiger partial charge in [-0.2, -0.15) is 5.10 Å². The molecule has 1 aromatic carbocycles. The summed E-state index contributed by atoms with van der Waals surface area (Å²) in [5, 5.41) is 15.5. The number of rotatable bonds is 3. The Hall–Kier alpha value is -1.69. The zero-order valence-electron chi connectivity index (χ0n) is 9.13. The molecular weight excluding hydrogens is 286 g/mol. The molecule has 1 heterocycles. The summed E-state index contributed by atoms with van der Waals surface area (Å²) in [4.78, 5) is 10.4. The highest BCUT2D eigenvalue weighted by Crippen LogP contribution is 2.23. The topological polar surface area (TPSA) is 61.0 Å². The summed E-state index contributed by atoms with van der Waals surface area (Å²) in [6, 6.07) is 6.84. The molecule has 0 unspecified atom stereocenters. The Balaban J connectivity index is 2.48. The van der Waals surface area contributed by atoms with E-state index in [-0.39, 0.29) is 10.6 Å². The molecule has 5 nitrogen and oxygen atoms in total. The Morgan fingerprint density at radius 1 is 1.47 bits per heavy atom. The molecule has 0 fully saturated rings. The van der Waals surface area contributed by atoms with Crippen LogP contribution in [0.3, 0.4) is 0 Å². The maximum Gasteiger partial charge on any atom is 0.273 e. The maximum atomic E-state index is 10.8. The van der Waals surface area contributed by atoms with Crippen molar-refractivity contribution < 1.29 is 4.92 Å². The van der Waals surface area contributed by atoms with Gasteiger partial charge in [-0.05, 0) is 25.1 Å². The van der Waals surface area contributed by atoms with Crippen molar-refractivity contribution in [3.8, 4) is 5.69 Å². The average Bonchev–Trinajstić information content (AvgIpc) is 2.75. The molecule has 0 aliphatic rings. The number of nitro benzene ring substituents is 1. The number of nitrogens with zero attached hydrogens (tertiary/aromatic N) is 3. The minimum Gasteiger partial charge on any atom is -0.258 e. The summed E-state index contributed by atoms with van der Waals surface area (Å²) < 4.78 is 1.70. The summed E-state index contributed by atoms with van der Waals surface area (Å²) in [5.41, 5.74) is 2.48. The molecule has 0 aliphatic carbocycles. The zero-order valence-corrected chi connectivity index (χ0v) is 10.7. The molecule has 0 radical (unpaired) electrons.